The van der Waals surface area contributed by atoms with Gasteiger partial charge in [0.25, 0.3) is 0 Å². The van der Waals surface area contributed by atoms with Gasteiger partial charge in [0.2, 0.25) is 0 Å². The SMILES string of the molecule is CC1C[C@H]2[C@@H]3CC=C4C=C(CC(=O)O)C=C[C@]4(C)C34OC4C[C@]2(C)[C@@]1(O)C(=O)CCC(=O)O. The number of allylic oxidation sites excluding steroid dienone is 3. The Hall–Kier alpha value is -2.25. The van der Waals surface area contributed by atoms with E-state index in [9.17, 15) is 24.6 Å². The van der Waals surface area contributed by atoms with Crippen LogP contribution in [0.4, 0.5) is 0 Å². The quantitative estimate of drug-likeness (QED) is 0.524. The summed E-state index contributed by atoms with van der Waals surface area (Å²) in [4.78, 5) is 35.5. The lowest BCUT2D eigenvalue weighted by atomic mass is 9.47. The van der Waals surface area contributed by atoms with Crippen LogP contribution in [-0.4, -0.2) is 50.3 Å². The minimum Gasteiger partial charge on any atom is -0.481 e. The average Bonchev–Trinajstić information content (AvgIpc) is 3.41. The van der Waals surface area contributed by atoms with Gasteiger partial charge in [0, 0.05) is 17.3 Å². The predicted molar refractivity (Wildman–Crippen MR) is 118 cm³/mol. The summed E-state index contributed by atoms with van der Waals surface area (Å²) in [5.74, 6) is -2.33. The topological polar surface area (TPSA) is 124 Å². The highest BCUT2D eigenvalue weighted by Crippen LogP contribution is 2.76. The number of aliphatic carboxylic acids is 2. The molecule has 0 radical (unpaired) electrons. The fourth-order valence-corrected chi connectivity index (χ4v) is 8.10. The second kappa shape index (κ2) is 6.89. The second-order valence-electron chi connectivity index (χ2n) is 11.2. The molecule has 5 rings (SSSR count). The number of aliphatic hydroxyl groups is 1. The summed E-state index contributed by atoms with van der Waals surface area (Å²) in [7, 11) is 0. The number of carboxylic acid groups (broad SMARTS) is 2. The molecule has 7 heteroatoms. The van der Waals surface area contributed by atoms with Gasteiger partial charge < -0.3 is 20.1 Å². The van der Waals surface area contributed by atoms with E-state index in [-0.39, 0.29) is 54.3 Å². The number of Topliss-reactive ketones (excluding diaryl/α,β-unsaturated/α-hetero) is 1. The Kier molecular flexibility index (Phi) is 4.70. The van der Waals surface area contributed by atoms with Crippen LogP contribution >= 0.6 is 0 Å². The molecule has 1 saturated heterocycles. The molecule has 1 aliphatic heterocycles. The number of fused-ring (bicyclic) bond motifs is 3. The zero-order valence-corrected chi connectivity index (χ0v) is 19.3. The highest BCUT2D eigenvalue weighted by molar-refractivity contribution is 5.91. The van der Waals surface area contributed by atoms with Crippen LogP contribution in [0, 0.1) is 28.6 Å². The van der Waals surface area contributed by atoms with Crippen molar-refractivity contribution in [1.29, 1.82) is 0 Å². The molecule has 7 nitrogen and oxygen atoms in total. The van der Waals surface area contributed by atoms with E-state index >= 15 is 0 Å². The van der Waals surface area contributed by atoms with Crippen molar-refractivity contribution in [3.8, 4) is 0 Å². The van der Waals surface area contributed by atoms with Gasteiger partial charge in [-0.3, -0.25) is 14.4 Å². The third-order valence-corrected chi connectivity index (χ3v) is 9.74. The molecule has 0 aromatic carbocycles. The standard InChI is InChI=1S/C26H32O7/c1-14-10-18-17-5-4-16-11-15(12-22(30)31)8-9-23(16,2)26(17)20(33-26)13-24(18,3)25(14,32)19(27)6-7-21(28)29/h4,8-9,11,14,17-18,20,32H,5-7,10,12-13H2,1-3H3,(H,28,29)(H,30,31)/t14?,17-,18-,20?,23-,24-,25-,26?/m0/s1. The Morgan fingerprint density at radius 3 is 2.52 bits per heavy atom. The minimum absolute atomic E-state index is 0.0195. The summed E-state index contributed by atoms with van der Waals surface area (Å²) in [6.45, 7) is 6.06. The third-order valence-electron chi connectivity index (χ3n) is 9.74. The van der Waals surface area contributed by atoms with Gasteiger partial charge in [-0.15, -0.1) is 0 Å². The maximum Gasteiger partial charge on any atom is 0.307 e. The van der Waals surface area contributed by atoms with E-state index in [0.29, 0.717) is 12.8 Å². The number of hydrogen-bond acceptors (Lipinski definition) is 5. The largest absolute Gasteiger partial charge is 0.481 e. The number of carbonyl (C=O) groups is 3. The summed E-state index contributed by atoms with van der Waals surface area (Å²) in [5.41, 5.74) is -1.19. The van der Waals surface area contributed by atoms with Gasteiger partial charge in [0.1, 0.15) is 11.2 Å². The van der Waals surface area contributed by atoms with Crippen molar-refractivity contribution < 1.29 is 34.4 Å². The first-order chi connectivity index (χ1) is 15.4. The summed E-state index contributed by atoms with van der Waals surface area (Å²) < 4.78 is 6.51. The van der Waals surface area contributed by atoms with Crippen molar-refractivity contribution >= 4 is 17.7 Å². The molecule has 0 bridgehead atoms. The Balaban J connectivity index is 1.50. The van der Waals surface area contributed by atoms with Gasteiger partial charge in [-0.2, -0.15) is 0 Å². The fourth-order valence-electron chi connectivity index (χ4n) is 8.10. The molecule has 1 spiro atoms. The van der Waals surface area contributed by atoms with Crippen molar-refractivity contribution in [2.75, 3.05) is 0 Å². The van der Waals surface area contributed by atoms with Crippen LogP contribution in [0.15, 0.2) is 35.5 Å². The third kappa shape index (κ3) is 2.72. The first kappa shape index (κ1) is 22.5. The number of ether oxygens (including phenoxy) is 1. The Bertz CT molecular complexity index is 1040. The van der Waals surface area contributed by atoms with Crippen LogP contribution in [0.2, 0.25) is 0 Å². The van der Waals surface area contributed by atoms with Crippen LogP contribution in [0.3, 0.4) is 0 Å². The first-order valence-corrected chi connectivity index (χ1v) is 11.9. The lowest BCUT2D eigenvalue weighted by Gasteiger charge is -2.54. The molecule has 1 heterocycles. The van der Waals surface area contributed by atoms with E-state index in [1.807, 2.05) is 26.0 Å². The number of ketones is 1. The van der Waals surface area contributed by atoms with Crippen molar-refractivity contribution in [3.63, 3.8) is 0 Å². The monoisotopic (exact) mass is 456 g/mol. The highest BCUT2D eigenvalue weighted by Gasteiger charge is 2.81. The van der Waals surface area contributed by atoms with E-state index in [4.69, 9.17) is 9.84 Å². The summed E-state index contributed by atoms with van der Waals surface area (Å²) in [6.07, 6.45) is 9.58. The smallest absolute Gasteiger partial charge is 0.307 e. The van der Waals surface area contributed by atoms with E-state index in [2.05, 4.69) is 19.1 Å². The van der Waals surface area contributed by atoms with Gasteiger partial charge in [0.05, 0.1) is 18.9 Å². The molecule has 8 atom stereocenters. The van der Waals surface area contributed by atoms with Crippen molar-refractivity contribution in [3.05, 3.63) is 35.5 Å². The van der Waals surface area contributed by atoms with Crippen LogP contribution in [0.25, 0.3) is 0 Å². The van der Waals surface area contributed by atoms with E-state index in [1.165, 1.54) is 0 Å². The maximum absolute atomic E-state index is 13.2. The van der Waals surface area contributed by atoms with E-state index in [0.717, 1.165) is 17.6 Å². The lowest BCUT2D eigenvalue weighted by Crippen LogP contribution is -2.61. The Morgan fingerprint density at radius 1 is 1.12 bits per heavy atom. The molecule has 3 N–H and O–H groups in total. The minimum atomic E-state index is -1.56. The molecular weight excluding hydrogens is 424 g/mol. The molecule has 5 aliphatic rings. The van der Waals surface area contributed by atoms with Crippen LogP contribution in [0.5, 0.6) is 0 Å². The average molecular weight is 457 g/mol. The van der Waals surface area contributed by atoms with Crippen molar-refractivity contribution in [2.45, 2.75) is 76.6 Å². The number of epoxide rings is 1. The molecular formula is C26H32O7. The van der Waals surface area contributed by atoms with Crippen LogP contribution in [0.1, 0.15) is 59.3 Å². The number of rotatable bonds is 6. The molecule has 0 amide bonds. The zero-order valence-electron chi connectivity index (χ0n) is 19.3. The maximum atomic E-state index is 13.2. The van der Waals surface area contributed by atoms with E-state index < -0.39 is 28.6 Å². The predicted octanol–water partition coefficient (Wildman–Crippen LogP) is 3.28. The van der Waals surface area contributed by atoms with Crippen LogP contribution < -0.4 is 0 Å². The molecule has 178 valence electrons. The highest BCUT2D eigenvalue weighted by atomic mass is 16.6. The molecule has 0 aromatic heterocycles. The van der Waals surface area contributed by atoms with Crippen molar-refractivity contribution in [2.24, 2.45) is 28.6 Å². The van der Waals surface area contributed by atoms with Gasteiger partial charge in [-0.25, -0.2) is 0 Å². The summed E-state index contributed by atoms with van der Waals surface area (Å²) in [5, 5.41) is 30.1. The van der Waals surface area contributed by atoms with Gasteiger partial charge in [-0.1, -0.05) is 38.2 Å². The van der Waals surface area contributed by atoms with Gasteiger partial charge in [0.15, 0.2) is 5.78 Å². The number of hydrogen-bond donors (Lipinski definition) is 3. The fraction of sp³-hybridized carbons (Fsp3) is 0.654. The molecule has 0 aromatic rings. The zero-order chi connectivity index (χ0) is 24.0. The molecule has 3 fully saturated rings. The number of carbonyl (C=O) groups excluding carboxylic acids is 1. The summed E-state index contributed by atoms with van der Waals surface area (Å²) >= 11 is 0. The molecule has 4 aliphatic carbocycles. The molecule has 33 heavy (non-hydrogen) atoms. The summed E-state index contributed by atoms with van der Waals surface area (Å²) in [6, 6.07) is 0. The Morgan fingerprint density at radius 2 is 1.85 bits per heavy atom. The molecule has 3 unspecified atom stereocenters. The van der Waals surface area contributed by atoms with Crippen molar-refractivity contribution in [1.82, 2.24) is 0 Å². The molecule has 2 saturated carbocycles. The normalized spacial score (nSPS) is 46.8. The second-order valence-corrected chi connectivity index (χ2v) is 11.2. The van der Waals surface area contributed by atoms with E-state index in [1.54, 1.807) is 0 Å². The number of carboxylic acids is 2. The first-order valence-electron chi connectivity index (χ1n) is 11.9. The lowest BCUT2D eigenvalue weighted by molar-refractivity contribution is -0.163. The Labute approximate surface area is 193 Å². The van der Waals surface area contributed by atoms with Gasteiger partial charge >= 0.3 is 11.9 Å². The van der Waals surface area contributed by atoms with Crippen LogP contribution in [-0.2, 0) is 19.1 Å². The van der Waals surface area contributed by atoms with Gasteiger partial charge in [-0.05, 0) is 55.1 Å².